The Morgan fingerprint density at radius 3 is 2.36 bits per heavy atom. The maximum absolute atomic E-state index is 12.0. The number of rotatable bonds is 6. The summed E-state index contributed by atoms with van der Waals surface area (Å²) in [5, 5.41) is 0. The third-order valence-corrected chi connectivity index (χ3v) is 4.20. The van der Waals surface area contributed by atoms with Crippen LogP contribution >= 0.6 is 15.9 Å². The van der Waals surface area contributed by atoms with Crippen LogP contribution < -0.4 is 0 Å². The predicted molar refractivity (Wildman–Crippen MR) is 93.6 cm³/mol. The lowest BCUT2D eigenvalue weighted by molar-refractivity contribution is -0.142. The van der Waals surface area contributed by atoms with Crippen molar-refractivity contribution in [3.63, 3.8) is 0 Å². The number of ether oxygens (including phenoxy) is 1. The van der Waals surface area contributed by atoms with Gasteiger partial charge < -0.3 is 4.74 Å². The Labute approximate surface area is 139 Å². The van der Waals surface area contributed by atoms with Crippen molar-refractivity contribution in [1.29, 1.82) is 0 Å². The van der Waals surface area contributed by atoms with Crippen molar-refractivity contribution in [1.82, 2.24) is 0 Å². The highest BCUT2D eigenvalue weighted by atomic mass is 79.9. The van der Waals surface area contributed by atoms with Crippen LogP contribution in [0.1, 0.15) is 29.9 Å². The third kappa shape index (κ3) is 4.31. The lowest BCUT2D eigenvalue weighted by Gasteiger charge is -2.16. The molecule has 0 aromatic heterocycles. The zero-order valence-electron chi connectivity index (χ0n) is 12.6. The summed E-state index contributed by atoms with van der Waals surface area (Å²) in [7, 11) is 1.43. The van der Waals surface area contributed by atoms with E-state index in [0.717, 1.165) is 27.6 Å². The molecule has 114 valence electrons. The SMILES string of the molecule is C=C(CCC(C(=O)OC)c1ccccc1)c1ccc(Br)cc1. The van der Waals surface area contributed by atoms with E-state index in [-0.39, 0.29) is 11.9 Å². The van der Waals surface area contributed by atoms with Crippen LogP contribution in [0.15, 0.2) is 65.6 Å². The quantitative estimate of drug-likeness (QED) is 0.663. The molecular formula is C19H19BrO2. The van der Waals surface area contributed by atoms with Gasteiger partial charge in [-0.3, -0.25) is 4.79 Å². The first-order chi connectivity index (χ1) is 10.6. The first-order valence-corrected chi connectivity index (χ1v) is 7.97. The fourth-order valence-electron chi connectivity index (χ4n) is 2.40. The van der Waals surface area contributed by atoms with Gasteiger partial charge in [-0.2, -0.15) is 0 Å². The van der Waals surface area contributed by atoms with E-state index in [0.29, 0.717) is 6.42 Å². The molecule has 0 heterocycles. The molecular weight excluding hydrogens is 340 g/mol. The summed E-state index contributed by atoms with van der Waals surface area (Å²) in [6, 6.07) is 17.8. The lowest BCUT2D eigenvalue weighted by atomic mass is 9.91. The number of halogens is 1. The van der Waals surface area contributed by atoms with Crippen molar-refractivity contribution in [2.24, 2.45) is 0 Å². The summed E-state index contributed by atoms with van der Waals surface area (Å²) < 4.78 is 5.99. The zero-order chi connectivity index (χ0) is 15.9. The molecule has 0 amide bonds. The van der Waals surface area contributed by atoms with E-state index in [2.05, 4.69) is 22.5 Å². The fraction of sp³-hybridized carbons (Fsp3) is 0.211. The van der Waals surface area contributed by atoms with Gasteiger partial charge in [-0.15, -0.1) is 0 Å². The highest BCUT2D eigenvalue weighted by molar-refractivity contribution is 9.10. The van der Waals surface area contributed by atoms with Gasteiger partial charge in [0.1, 0.15) is 0 Å². The molecule has 0 aliphatic carbocycles. The van der Waals surface area contributed by atoms with Gasteiger partial charge in [0.2, 0.25) is 0 Å². The summed E-state index contributed by atoms with van der Waals surface area (Å²) in [6.45, 7) is 4.14. The molecule has 1 unspecified atom stereocenters. The fourth-order valence-corrected chi connectivity index (χ4v) is 2.66. The second kappa shape index (κ2) is 7.95. The van der Waals surface area contributed by atoms with Crippen LogP contribution in [-0.4, -0.2) is 13.1 Å². The summed E-state index contributed by atoms with van der Waals surface area (Å²) in [5.41, 5.74) is 3.11. The Hall–Kier alpha value is -1.87. The Morgan fingerprint density at radius 2 is 1.77 bits per heavy atom. The van der Waals surface area contributed by atoms with Crippen molar-refractivity contribution in [3.8, 4) is 0 Å². The predicted octanol–water partition coefficient (Wildman–Crippen LogP) is 5.20. The van der Waals surface area contributed by atoms with Crippen molar-refractivity contribution in [3.05, 3.63) is 76.8 Å². The van der Waals surface area contributed by atoms with Gasteiger partial charge in [0.25, 0.3) is 0 Å². The minimum Gasteiger partial charge on any atom is -0.469 e. The Kier molecular flexibility index (Phi) is 5.96. The van der Waals surface area contributed by atoms with Gasteiger partial charge in [0.05, 0.1) is 13.0 Å². The number of allylic oxidation sites excluding steroid dienone is 1. The molecule has 22 heavy (non-hydrogen) atoms. The molecule has 1 atom stereocenters. The van der Waals surface area contributed by atoms with Gasteiger partial charge in [-0.25, -0.2) is 0 Å². The molecule has 0 saturated carbocycles. The third-order valence-electron chi connectivity index (χ3n) is 3.67. The van der Waals surface area contributed by atoms with Gasteiger partial charge in [0, 0.05) is 4.47 Å². The van der Waals surface area contributed by atoms with Crippen molar-refractivity contribution >= 4 is 27.5 Å². The highest BCUT2D eigenvalue weighted by Crippen LogP contribution is 2.28. The first-order valence-electron chi connectivity index (χ1n) is 7.18. The summed E-state index contributed by atoms with van der Waals surface area (Å²) in [6.07, 6.45) is 1.43. The van der Waals surface area contributed by atoms with E-state index < -0.39 is 0 Å². The summed E-state index contributed by atoms with van der Waals surface area (Å²) in [4.78, 5) is 12.0. The number of benzene rings is 2. The second-order valence-corrected chi connectivity index (χ2v) is 6.05. The molecule has 0 saturated heterocycles. The van der Waals surface area contributed by atoms with Gasteiger partial charge in [-0.05, 0) is 41.7 Å². The van der Waals surface area contributed by atoms with Gasteiger partial charge >= 0.3 is 5.97 Å². The van der Waals surface area contributed by atoms with Crippen molar-refractivity contribution in [2.45, 2.75) is 18.8 Å². The largest absolute Gasteiger partial charge is 0.469 e. The van der Waals surface area contributed by atoms with E-state index in [9.17, 15) is 4.79 Å². The first kappa shape index (κ1) is 16.5. The van der Waals surface area contributed by atoms with Crippen LogP contribution in [-0.2, 0) is 9.53 Å². The van der Waals surface area contributed by atoms with Crippen LogP contribution in [0.4, 0.5) is 0 Å². The number of hydrogen-bond donors (Lipinski definition) is 0. The Balaban J connectivity index is 2.07. The molecule has 0 aliphatic rings. The van der Waals surface area contributed by atoms with Crippen LogP contribution in [0, 0.1) is 0 Å². The maximum atomic E-state index is 12.0. The number of carbonyl (C=O) groups is 1. The molecule has 0 spiro atoms. The number of carbonyl (C=O) groups excluding carboxylic acids is 1. The number of methoxy groups -OCH3 is 1. The average Bonchev–Trinajstić information content (AvgIpc) is 2.56. The van der Waals surface area contributed by atoms with E-state index in [1.165, 1.54) is 7.11 Å². The molecule has 0 radical (unpaired) electrons. The summed E-state index contributed by atoms with van der Waals surface area (Å²) >= 11 is 3.42. The van der Waals surface area contributed by atoms with Crippen LogP contribution in [0.5, 0.6) is 0 Å². The van der Waals surface area contributed by atoms with Gasteiger partial charge in [0.15, 0.2) is 0 Å². The van der Waals surface area contributed by atoms with Gasteiger partial charge in [-0.1, -0.05) is 65.0 Å². The second-order valence-electron chi connectivity index (χ2n) is 5.14. The Bertz CT molecular complexity index is 632. The van der Waals surface area contributed by atoms with Crippen LogP contribution in [0.2, 0.25) is 0 Å². The van der Waals surface area contributed by atoms with E-state index >= 15 is 0 Å². The number of hydrogen-bond acceptors (Lipinski definition) is 2. The smallest absolute Gasteiger partial charge is 0.313 e. The highest BCUT2D eigenvalue weighted by Gasteiger charge is 2.21. The van der Waals surface area contributed by atoms with Crippen molar-refractivity contribution in [2.75, 3.05) is 7.11 Å². The van der Waals surface area contributed by atoms with Crippen molar-refractivity contribution < 1.29 is 9.53 Å². The molecule has 0 fully saturated rings. The topological polar surface area (TPSA) is 26.3 Å². The maximum Gasteiger partial charge on any atom is 0.313 e. The lowest BCUT2D eigenvalue weighted by Crippen LogP contribution is -2.14. The van der Waals surface area contributed by atoms with E-state index in [1.54, 1.807) is 0 Å². The molecule has 2 rings (SSSR count). The normalized spacial score (nSPS) is 11.7. The Morgan fingerprint density at radius 1 is 1.14 bits per heavy atom. The van der Waals surface area contributed by atoms with E-state index in [1.807, 2.05) is 54.6 Å². The molecule has 0 N–H and O–H groups in total. The summed E-state index contributed by atoms with van der Waals surface area (Å²) in [5.74, 6) is -0.451. The van der Waals surface area contributed by atoms with Crippen LogP contribution in [0.3, 0.4) is 0 Å². The average molecular weight is 359 g/mol. The molecule has 2 nitrogen and oxygen atoms in total. The monoisotopic (exact) mass is 358 g/mol. The minimum atomic E-state index is -0.251. The standard InChI is InChI=1S/C19H19BrO2/c1-14(15-9-11-17(20)12-10-15)8-13-18(19(21)22-2)16-6-4-3-5-7-16/h3-7,9-12,18H,1,8,13H2,2H3. The zero-order valence-corrected chi connectivity index (χ0v) is 14.2. The van der Waals surface area contributed by atoms with E-state index in [4.69, 9.17) is 4.74 Å². The molecule has 2 aromatic rings. The molecule has 2 aromatic carbocycles. The van der Waals surface area contributed by atoms with Crippen LogP contribution in [0.25, 0.3) is 5.57 Å². The minimum absolute atomic E-state index is 0.199. The molecule has 0 aliphatic heterocycles. The molecule has 0 bridgehead atoms. The number of esters is 1. The molecule has 3 heteroatoms.